The Labute approximate surface area is 172 Å². The molecule has 1 amide bonds. The molecule has 2 aromatic carbocycles. The number of pyridine rings is 1. The van der Waals surface area contributed by atoms with Gasteiger partial charge in [0.25, 0.3) is 0 Å². The summed E-state index contributed by atoms with van der Waals surface area (Å²) in [6.07, 6.45) is 4.80. The van der Waals surface area contributed by atoms with Crippen molar-refractivity contribution in [3.63, 3.8) is 0 Å². The largest absolute Gasteiger partial charge is 0.328 e. The lowest BCUT2D eigenvalue weighted by Gasteiger charge is -2.41. The first-order valence-corrected chi connectivity index (χ1v) is 10.3. The van der Waals surface area contributed by atoms with Crippen LogP contribution in [0.5, 0.6) is 0 Å². The van der Waals surface area contributed by atoms with Crippen LogP contribution in [0.15, 0.2) is 79.0 Å². The molecule has 0 aliphatic heterocycles. The molecule has 4 nitrogen and oxygen atoms in total. The molecule has 1 aliphatic rings. The van der Waals surface area contributed by atoms with E-state index in [0.717, 1.165) is 25.0 Å². The number of hydrogen-bond donors (Lipinski definition) is 1. The van der Waals surface area contributed by atoms with Crippen molar-refractivity contribution in [2.24, 2.45) is 11.7 Å². The fraction of sp³-hybridized carbons (Fsp3) is 0.280. The maximum absolute atomic E-state index is 13.0. The van der Waals surface area contributed by atoms with Crippen LogP contribution in [-0.2, 0) is 24.2 Å². The molecule has 2 unspecified atom stereocenters. The molecule has 1 heterocycles. The highest BCUT2D eigenvalue weighted by Gasteiger charge is 2.36. The van der Waals surface area contributed by atoms with Crippen molar-refractivity contribution in [1.29, 1.82) is 0 Å². The second kappa shape index (κ2) is 9.01. The second-order valence-electron chi connectivity index (χ2n) is 7.68. The molecule has 2 atom stereocenters. The van der Waals surface area contributed by atoms with Gasteiger partial charge in [-0.05, 0) is 54.0 Å². The molecule has 0 fully saturated rings. The van der Waals surface area contributed by atoms with E-state index in [2.05, 4.69) is 53.5 Å². The number of rotatable bonds is 6. The van der Waals surface area contributed by atoms with Crippen LogP contribution in [0.2, 0.25) is 0 Å². The van der Waals surface area contributed by atoms with E-state index in [4.69, 9.17) is 5.73 Å². The lowest BCUT2D eigenvalue weighted by molar-refractivity contribution is -0.134. The molecular weight excluding hydrogens is 358 g/mol. The summed E-state index contributed by atoms with van der Waals surface area (Å²) in [7, 11) is 0. The summed E-state index contributed by atoms with van der Waals surface area (Å²) in [5.41, 5.74) is 10.6. The van der Waals surface area contributed by atoms with Gasteiger partial charge in [-0.15, -0.1) is 0 Å². The quantitative estimate of drug-likeness (QED) is 0.700. The smallest absolute Gasteiger partial charge is 0.237 e. The number of aryl methyl sites for hydroxylation is 1. The SMILES string of the molecule is NCC(=O)N(Cc1ccccn1)C1c2ccccc2CCC1Cc1ccccc1. The molecular formula is C25H27N3O. The first-order chi connectivity index (χ1) is 14.3. The Kier molecular flexibility index (Phi) is 6.01. The first kappa shape index (κ1) is 19.3. The van der Waals surface area contributed by atoms with Crippen LogP contribution < -0.4 is 5.73 Å². The van der Waals surface area contributed by atoms with Gasteiger partial charge < -0.3 is 10.6 Å². The zero-order chi connectivity index (χ0) is 20.1. The Morgan fingerprint density at radius 1 is 1.00 bits per heavy atom. The summed E-state index contributed by atoms with van der Waals surface area (Å²) in [6, 6.07) is 24.9. The average molecular weight is 386 g/mol. The molecule has 29 heavy (non-hydrogen) atoms. The van der Waals surface area contributed by atoms with Crippen molar-refractivity contribution < 1.29 is 4.79 Å². The first-order valence-electron chi connectivity index (χ1n) is 10.3. The molecule has 0 bridgehead atoms. The number of aromatic nitrogens is 1. The number of amides is 1. The molecule has 0 saturated carbocycles. The monoisotopic (exact) mass is 385 g/mol. The topological polar surface area (TPSA) is 59.2 Å². The molecule has 1 aromatic heterocycles. The van der Waals surface area contributed by atoms with Crippen LogP contribution in [0, 0.1) is 5.92 Å². The summed E-state index contributed by atoms with van der Waals surface area (Å²) >= 11 is 0. The summed E-state index contributed by atoms with van der Waals surface area (Å²) in [4.78, 5) is 19.4. The van der Waals surface area contributed by atoms with E-state index in [1.54, 1.807) is 6.20 Å². The lowest BCUT2D eigenvalue weighted by Crippen LogP contribution is -2.43. The third kappa shape index (κ3) is 4.38. The summed E-state index contributed by atoms with van der Waals surface area (Å²) in [5, 5.41) is 0. The Morgan fingerprint density at radius 2 is 1.76 bits per heavy atom. The Balaban J connectivity index is 1.73. The lowest BCUT2D eigenvalue weighted by atomic mass is 9.76. The molecule has 1 aliphatic carbocycles. The van der Waals surface area contributed by atoms with Crippen LogP contribution >= 0.6 is 0 Å². The summed E-state index contributed by atoms with van der Waals surface area (Å²) in [6.45, 7) is 0.477. The van der Waals surface area contributed by atoms with E-state index in [0.29, 0.717) is 12.5 Å². The van der Waals surface area contributed by atoms with E-state index in [9.17, 15) is 4.79 Å². The summed E-state index contributed by atoms with van der Waals surface area (Å²) in [5.74, 6) is 0.307. The maximum atomic E-state index is 13.0. The molecule has 0 saturated heterocycles. The van der Waals surface area contributed by atoms with Crippen molar-refractivity contribution in [2.45, 2.75) is 31.8 Å². The number of nitrogens with two attached hydrogens (primary N) is 1. The van der Waals surface area contributed by atoms with E-state index in [1.807, 2.05) is 29.2 Å². The van der Waals surface area contributed by atoms with Gasteiger partial charge in [0.05, 0.1) is 24.8 Å². The second-order valence-corrected chi connectivity index (χ2v) is 7.68. The number of hydrogen-bond acceptors (Lipinski definition) is 3. The fourth-order valence-corrected chi connectivity index (χ4v) is 4.48. The minimum Gasteiger partial charge on any atom is -0.328 e. The molecule has 148 valence electrons. The van der Waals surface area contributed by atoms with Gasteiger partial charge in [-0.3, -0.25) is 9.78 Å². The third-order valence-corrected chi connectivity index (χ3v) is 5.83. The zero-order valence-electron chi connectivity index (χ0n) is 16.6. The van der Waals surface area contributed by atoms with Crippen molar-refractivity contribution in [3.8, 4) is 0 Å². The number of fused-ring (bicyclic) bond motifs is 1. The fourth-order valence-electron chi connectivity index (χ4n) is 4.48. The van der Waals surface area contributed by atoms with Crippen LogP contribution in [-0.4, -0.2) is 22.3 Å². The van der Waals surface area contributed by atoms with E-state index in [1.165, 1.54) is 16.7 Å². The van der Waals surface area contributed by atoms with Gasteiger partial charge in [-0.1, -0.05) is 60.7 Å². The highest BCUT2D eigenvalue weighted by molar-refractivity contribution is 5.78. The van der Waals surface area contributed by atoms with Gasteiger partial charge in [0.15, 0.2) is 0 Å². The highest BCUT2D eigenvalue weighted by Crippen LogP contribution is 2.41. The average Bonchev–Trinajstić information content (AvgIpc) is 2.78. The van der Waals surface area contributed by atoms with E-state index in [-0.39, 0.29) is 18.5 Å². The number of carbonyl (C=O) groups is 1. The number of nitrogens with zero attached hydrogens (tertiary/aromatic N) is 2. The van der Waals surface area contributed by atoms with Crippen LogP contribution in [0.4, 0.5) is 0 Å². The Bertz CT molecular complexity index is 943. The molecule has 3 aromatic rings. The maximum Gasteiger partial charge on any atom is 0.237 e. The zero-order valence-corrected chi connectivity index (χ0v) is 16.6. The highest BCUT2D eigenvalue weighted by atomic mass is 16.2. The van der Waals surface area contributed by atoms with Crippen molar-refractivity contribution >= 4 is 5.91 Å². The number of benzene rings is 2. The predicted octanol–water partition coefficient (Wildman–Crippen LogP) is 3.92. The van der Waals surface area contributed by atoms with Crippen molar-refractivity contribution in [2.75, 3.05) is 6.54 Å². The molecule has 2 N–H and O–H groups in total. The van der Waals surface area contributed by atoms with Gasteiger partial charge in [0.2, 0.25) is 5.91 Å². The third-order valence-electron chi connectivity index (χ3n) is 5.83. The van der Waals surface area contributed by atoms with Crippen LogP contribution in [0.1, 0.15) is 34.8 Å². The van der Waals surface area contributed by atoms with Crippen molar-refractivity contribution in [1.82, 2.24) is 9.88 Å². The summed E-state index contributed by atoms with van der Waals surface area (Å²) < 4.78 is 0. The van der Waals surface area contributed by atoms with Crippen molar-refractivity contribution in [3.05, 3.63) is 101 Å². The molecule has 4 heteroatoms. The van der Waals surface area contributed by atoms with Gasteiger partial charge >= 0.3 is 0 Å². The minimum atomic E-state index is -0.0320. The van der Waals surface area contributed by atoms with Crippen LogP contribution in [0.25, 0.3) is 0 Å². The number of carbonyl (C=O) groups excluding carboxylic acids is 1. The minimum absolute atomic E-state index is 0.00166. The van der Waals surface area contributed by atoms with Gasteiger partial charge in [0.1, 0.15) is 0 Å². The van der Waals surface area contributed by atoms with Crippen LogP contribution in [0.3, 0.4) is 0 Å². The standard InChI is InChI=1S/C25H27N3O/c26-17-24(29)28(18-22-11-6-7-15-27-22)25-21(16-19-8-2-1-3-9-19)14-13-20-10-4-5-12-23(20)25/h1-12,15,21,25H,13-14,16-18,26H2. The molecule has 4 rings (SSSR count). The Hall–Kier alpha value is -2.98. The predicted molar refractivity (Wildman–Crippen MR) is 115 cm³/mol. The van der Waals surface area contributed by atoms with E-state index >= 15 is 0 Å². The van der Waals surface area contributed by atoms with Gasteiger partial charge in [-0.25, -0.2) is 0 Å². The molecule has 0 radical (unpaired) electrons. The molecule has 0 spiro atoms. The van der Waals surface area contributed by atoms with Gasteiger partial charge in [-0.2, -0.15) is 0 Å². The normalized spacial score (nSPS) is 18.1. The van der Waals surface area contributed by atoms with E-state index < -0.39 is 0 Å². The van der Waals surface area contributed by atoms with Gasteiger partial charge in [0, 0.05) is 6.20 Å². The Morgan fingerprint density at radius 3 is 2.52 bits per heavy atom.